The first kappa shape index (κ1) is 38.2. The summed E-state index contributed by atoms with van der Waals surface area (Å²) < 4.78 is 22.6. The van der Waals surface area contributed by atoms with Crippen LogP contribution >= 0.6 is 0 Å². The quantitative estimate of drug-likeness (QED) is 0.145. The van der Waals surface area contributed by atoms with E-state index in [0.717, 1.165) is 6.07 Å². The van der Waals surface area contributed by atoms with Gasteiger partial charge in [0.2, 0.25) is 0 Å². The first-order chi connectivity index (χ1) is 23.4. The van der Waals surface area contributed by atoms with Gasteiger partial charge in [-0.05, 0) is 31.8 Å². The minimum atomic E-state index is -1.99. The van der Waals surface area contributed by atoms with Crippen molar-refractivity contribution in [2.75, 3.05) is 19.5 Å². The minimum absolute atomic E-state index is 0.0736. The number of anilines is 1. The standard InChI is InChI=1S/C37H47NO12/c1-16-11-10-12-17(2)35(45)38-22-15-23(39)26-27(32(22)43)31(42)21(6)33-28(26)34(44)37(7,50-33)49-14-13-24(47-8)18(3)25(36(46)48-9)19(4)30(41)20(5)29(16)40/h10-16,18-20,24-25,29-30,39-43H,1-9H3,(H,38,45)/b11-10+,14-13+,17-12-/t16-,18+,19+,20-,24+,25+,29-,30-,37-/m0/s1. The topological polar surface area (TPSA) is 201 Å². The number of hydrogen-bond donors (Lipinski definition) is 6. The number of aromatic hydroxyl groups is 3. The minimum Gasteiger partial charge on any atom is -0.507 e. The molecular weight excluding hydrogens is 650 g/mol. The van der Waals surface area contributed by atoms with Crippen molar-refractivity contribution in [3.63, 3.8) is 0 Å². The Bertz CT molecular complexity index is 1760. The van der Waals surface area contributed by atoms with E-state index >= 15 is 0 Å². The van der Waals surface area contributed by atoms with Crippen molar-refractivity contribution in [2.24, 2.45) is 29.6 Å². The van der Waals surface area contributed by atoms with E-state index in [1.54, 1.807) is 39.8 Å². The lowest BCUT2D eigenvalue weighted by Gasteiger charge is -2.37. The van der Waals surface area contributed by atoms with Gasteiger partial charge < -0.3 is 49.8 Å². The molecule has 0 saturated heterocycles. The van der Waals surface area contributed by atoms with Gasteiger partial charge in [0.15, 0.2) is 5.75 Å². The summed E-state index contributed by atoms with van der Waals surface area (Å²) in [5, 5.41) is 58.2. The number of phenolic OH excluding ortho intramolecular Hbond substituents is 3. The van der Waals surface area contributed by atoms with Gasteiger partial charge in [0.05, 0.1) is 54.2 Å². The molecule has 272 valence electrons. The molecule has 3 aliphatic rings. The molecule has 0 fully saturated rings. The molecule has 9 atom stereocenters. The van der Waals surface area contributed by atoms with Gasteiger partial charge in [0.1, 0.15) is 17.2 Å². The van der Waals surface area contributed by atoms with Crippen molar-refractivity contribution < 1.29 is 58.9 Å². The number of benzene rings is 2. The third-order valence-electron chi connectivity index (χ3n) is 10.1. The number of Topliss-reactive ketones (excluding diaryl/α,β-unsaturated/α-hetero) is 1. The predicted octanol–water partition coefficient (Wildman–Crippen LogP) is 4.61. The van der Waals surface area contributed by atoms with Gasteiger partial charge in [-0.1, -0.05) is 45.9 Å². The fourth-order valence-corrected chi connectivity index (χ4v) is 6.84. The second-order valence-corrected chi connectivity index (χ2v) is 13.4. The molecule has 0 saturated carbocycles. The Morgan fingerprint density at radius 1 is 0.920 bits per heavy atom. The van der Waals surface area contributed by atoms with E-state index in [0.29, 0.717) is 0 Å². The molecule has 50 heavy (non-hydrogen) atoms. The molecular formula is C37H47NO12. The van der Waals surface area contributed by atoms with Gasteiger partial charge in [-0.25, -0.2) is 0 Å². The van der Waals surface area contributed by atoms with Gasteiger partial charge in [-0.15, -0.1) is 0 Å². The maximum absolute atomic E-state index is 13.9. The third kappa shape index (κ3) is 6.77. The number of carbonyl (C=O) groups is 3. The van der Waals surface area contributed by atoms with Crippen LogP contribution in [0.1, 0.15) is 57.5 Å². The number of aliphatic hydroxyl groups is 2. The lowest BCUT2D eigenvalue weighted by Crippen LogP contribution is -2.45. The molecule has 0 aliphatic carbocycles. The average molecular weight is 698 g/mol. The van der Waals surface area contributed by atoms with Gasteiger partial charge in [-0.2, -0.15) is 0 Å². The van der Waals surface area contributed by atoms with Crippen molar-refractivity contribution in [2.45, 2.75) is 72.6 Å². The summed E-state index contributed by atoms with van der Waals surface area (Å²) in [6, 6.07) is 1.06. The Balaban J connectivity index is 1.88. The summed E-state index contributed by atoms with van der Waals surface area (Å²) >= 11 is 0. The number of hydrogen-bond acceptors (Lipinski definition) is 12. The number of amides is 1. The molecule has 1 amide bonds. The highest BCUT2D eigenvalue weighted by Crippen LogP contribution is 2.53. The highest BCUT2D eigenvalue weighted by atomic mass is 16.7. The van der Waals surface area contributed by atoms with Crippen LogP contribution in [0.3, 0.4) is 0 Å². The summed E-state index contributed by atoms with van der Waals surface area (Å²) in [5.74, 6) is -9.04. The Hall–Kier alpha value is -4.59. The summed E-state index contributed by atoms with van der Waals surface area (Å²) in [6.07, 6.45) is 4.39. The number of ether oxygens (including phenoxy) is 4. The van der Waals surface area contributed by atoms with E-state index in [2.05, 4.69) is 5.32 Å². The molecule has 2 aromatic carbocycles. The zero-order valence-corrected chi connectivity index (χ0v) is 29.7. The van der Waals surface area contributed by atoms with Crippen LogP contribution in [0.25, 0.3) is 10.8 Å². The molecule has 13 nitrogen and oxygen atoms in total. The van der Waals surface area contributed by atoms with Gasteiger partial charge in [0.25, 0.3) is 11.7 Å². The molecule has 0 unspecified atom stereocenters. The number of aliphatic hydroxyl groups excluding tert-OH is 2. The van der Waals surface area contributed by atoms with Crippen molar-refractivity contribution in [3.05, 3.63) is 53.3 Å². The first-order valence-electron chi connectivity index (χ1n) is 16.4. The molecule has 0 aromatic heterocycles. The van der Waals surface area contributed by atoms with Crippen LogP contribution in [0.5, 0.6) is 23.0 Å². The lowest BCUT2D eigenvalue weighted by atomic mass is 9.73. The maximum atomic E-state index is 13.9. The van der Waals surface area contributed by atoms with E-state index in [1.165, 1.54) is 53.4 Å². The number of fused-ring (bicyclic) bond motifs is 14. The van der Waals surface area contributed by atoms with E-state index in [1.807, 2.05) is 0 Å². The summed E-state index contributed by atoms with van der Waals surface area (Å²) in [7, 11) is 2.66. The Kier molecular flexibility index (Phi) is 11.2. The van der Waals surface area contributed by atoms with Crippen LogP contribution in [0.4, 0.5) is 5.69 Å². The molecule has 5 rings (SSSR count). The van der Waals surface area contributed by atoms with E-state index in [-0.39, 0.29) is 38.9 Å². The largest absolute Gasteiger partial charge is 0.507 e. The number of ketones is 1. The number of phenols is 3. The molecule has 3 heterocycles. The number of methoxy groups -OCH3 is 2. The van der Waals surface area contributed by atoms with Gasteiger partial charge in [-0.3, -0.25) is 14.4 Å². The zero-order valence-electron chi connectivity index (χ0n) is 29.7. The summed E-state index contributed by atoms with van der Waals surface area (Å²) in [4.78, 5) is 40.2. The van der Waals surface area contributed by atoms with Crippen molar-refractivity contribution in [3.8, 4) is 23.0 Å². The van der Waals surface area contributed by atoms with E-state index in [9.17, 15) is 39.9 Å². The molecule has 13 heteroatoms. The van der Waals surface area contributed by atoms with Crippen LogP contribution < -0.4 is 10.1 Å². The molecule has 0 spiro atoms. The van der Waals surface area contributed by atoms with E-state index < -0.39 is 88.6 Å². The number of nitrogens with one attached hydrogen (secondary N) is 1. The molecule has 3 aliphatic heterocycles. The van der Waals surface area contributed by atoms with Gasteiger partial charge >= 0.3 is 11.8 Å². The van der Waals surface area contributed by atoms with Crippen LogP contribution in [-0.2, 0) is 23.8 Å². The van der Waals surface area contributed by atoms with E-state index in [4.69, 9.17) is 18.9 Å². The van der Waals surface area contributed by atoms with Crippen LogP contribution in [0.15, 0.2) is 42.2 Å². The number of rotatable bonds is 2. The highest BCUT2D eigenvalue weighted by molar-refractivity contribution is 6.21. The first-order valence-corrected chi connectivity index (χ1v) is 16.4. The third-order valence-corrected chi connectivity index (χ3v) is 10.1. The Morgan fingerprint density at radius 2 is 1.58 bits per heavy atom. The summed E-state index contributed by atoms with van der Waals surface area (Å²) in [6.45, 7) is 11.2. The normalized spacial score (nSPS) is 33.2. The van der Waals surface area contributed by atoms with Crippen LogP contribution in [-0.4, -0.2) is 81.5 Å². The fraction of sp³-hybridized carbons (Fsp3) is 0.486. The van der Waals surface area contributed by atoms with Crippen LogP contribution in [0.2, 0.25) is 0 Å². The molecule has 6 N–H and O–H groups in total. The molecule has 2 aromatic rings. The lowest BCUT2D eigenvalue weighted by molar-refractivity contribution is -0.155. The maximum Gasteiger partial charge on any atom is 0.312 e. The SMILES string of the molecule is COC(=O)[C@H]1[C@@H](C)[C@H](O)[C@@H](C)[C@@H](O)[C@@H](C)/C=C/C=C(/C)C(=O)Nc2cc(O)c3c4c(c(C)c(O)c3c2O)O[C@](C)(O/C=C/[C@@H](OC)[C@H]1C)C4=O. The molecule has 0 radical (unpaired) electrons. The van der Waals surface area contributed by atoms with Crippen molar-refractivity contribution >= 4 is 34.1 Å². The zero-order chi connectivity index (χ0) is 37.4. The smallest absolute Gasteiger partial charge is 0.312 e. The van der Waals surface area contributed by atoms with Crippen molar-refractivity contribution in [1.29, 1.82) is 0 Å². The Morgan fingerprint density at radius 3 is 2.20 bits per heavy atom. The summed E-state index contributed by atoms with van der Waals surface area (Å²) in [5.41, 5.74) is -0.105. The number of esters is 1. The highest BCUT2D eigenvalue weighted by Gasteiger charge is 2.49. The van der Waals surface area contributed by atoms with Crippen LogP contribution in [0, 0.1) is 36.5 Å². The average Bonchev–Trinajstić information content (AvgIpc) is 3.34. The number of allylic oxidation sites excluding steroid dienone is 2. The van der Waals surface area contributed by atoms with Gasteiger partial charge in [0, 0.05) is 48.5 Å². The number of carbonyl (C=O) groups excluding carboxylic acids is 3. The second kappa shape index (κ2) is 14.7. The fourth-order valence-electron chi connectivity index (χ4n) is 6.84. The monoisotopic (exact) mass is 697 g/mol. The molecule has 5 bridgehead atoms. The van der Waals surface area contributed by atoms with Crippen molar-refractivity contribution in [1.82, 2.24) is 0 Å². The predicted molar refractivity (Wildman–Crippen MR) is 184 cm³/mol. The second-order valence-electron chi connectivity index (χ2n) is 13.4. The Labute approximate surface area is 290 Å².